The smallest absolute Gasteiger partial charge is 0.227 e. The number of piperazine rings is 1. The number of β-amino-alcohol motifs (C(OH)–C–C–N with tert-alkyl or cyclic N) is 1. The molecule has 0 bridgehead atoms. The van der Waals surface area contributed by atoms with Crippen molar-refractivity contribution < 1.29 is 14.3 Å². The van der Waals surface area contributed by atoms with Gasteiger partial charge in [-0.2, -0.15) is 0 Å². The monoisotopic (exact) mass is 280 g/mol. The van der Waals surface area contributed by atoms with Crippen molar-refractivity contribution >= 4 is 5.91 Å². The Labute approximate surface area is 118 Å². The average Bonchev–Trinajstić information content (AvgIpc) is 2.41. The molecular weight excluding hydrogens is 259 g/mol. The second-order valence-electron chi connectivity index (χ2n) is 5.30. The van der Waals surface area contributed by atoms with E-state index in [1.165, 1.54) is 6.07 Å². The summed E-state index contributed by atoms with van der Waals surface area (Å²) in [6.45, 7) is 5.19. The zero-order valence-electron chi connectivity index (χ0n) is 11.8. The van der Waals surface area contributed by atoms with Crippen LogP contribution in [0, 0.1) is 5.82 Å². The number of amides is 1. The maximum absolute atomic E-state index is 13.5. The van der Waals surface area contributed by atoms with Gasteiger partial charge in [-0.25, -0.2) is 4.39 Å². The van der Waals surface area contributed by atoms with E-state index in [0.29, 0.717) is 25.2 Å². The molecule has 1 amide bonds. The van der Waals surface area contributed by atoms with Gasteiger partial charge in [-0.05, 0) is 18.6 Å². The molecule has 0 spiro atoms. The summed E-state index contributed by atoms with van der Waals surface area (Å²) in [7, 11) is 0. The highest BCUT2D eigenvalue weighted by atomic mass is 19.1. The topological polar surface area (TPSA) is 43.8 Å². The van der Waals surface area contributed by atoms with Gasteiger partial charge in [0.1, 0.15) is 5.82 Å². The summed E-state index contributed by atoms with van der Waals surface area (Å²) in [6.07, 6.45) is -0.237. The predicted molar refractivity (Wildman–Crippen MR) is 74.8 cm³/mol. The number of benzene rings is 1. The highest BCUT2D eigenvalue weighted by molar-refractivity contribution is 5.78. The molecule has 0 unspecified atom stereocenters. The summed E-state index contributed by atoms with van der Waals surface area (Å²) in [5.74, 6) is -0.361. The Balaban J connectivity index is 1.85. The minimum atomic E-state index is -0.351. The summed E-state index contributed by atoms with van der Waals surface area (Å²) >= 11 is 0. The van der Waals surface area contributed by atoms with Crippen LogP contribution in [0.15, 0.2) is 24.3 Å². The maximum atomic E-state index is 13.5. The molecule has 5 heteroatoms. The van der Waals surface area contributed by atoms with Crippen LogP contribution < -0.4 is 0 Å². The highest BCUT2D eigenvalue weighted by Crippen LogP contribution is 2.10. The van der Waals surface area contributed by atoms with Crippen molar-refractivity contribution in [2.75, 3.05) is 32.7 Å². The molecule has 1 aliphatic rings. The SMILES string of the molecule is C[C@@H](O)CN1CCN(C(=O)Cc2ccccc2F)CC1. The lowest BCUT2D eigenvalue weighted by Gasteiger charge is -2.35. The predicted octanol–water partition coefficient (Wildman–Crippen LogP) is 0.893. The first-order chi connectivity index (χ1) is 9.56. The lowest BCUT2D eigenvalue weighted by atomic mass is 10.1. The van der Waals surface area contributed by atoms with Gasteiger partial charge in [0.15, 0.2) is 0 Å². The quantitative estimate of drug-likeness (QED) is 0.891. The van der Waals surface area contributed by atoms with Crippen LogP contribution in [0.5, 0.6) is 0 Å². The fourth-order valence-corrected chi connectivity index (χ4v) is 2.47. The molecule has 0 radical (unpaired) electrons. The van der Waals surface area contributed by atoms with Crippen molar-refractivity contribution in [1.82, 2.24) is 9.80 Å². The van der Waals surface area contributed by atoms with Crippen LogP contribution in [0.1, 0.15) is 12.5 Å². The van der Waals surface area contributed by atoms with Crippen molar-refractivity contribution in [3.05, 3.63) is 35.6 Å². The molecule has 1 atom stereocenters. The van der Waals surface area contributed by atoms with Crippen LogP contribution in [0.2, 0.25) is 0 Å². The van der Waals surface area contributed by atoms with Gasteiger partial charge in [-0.15, -0.1) is 0 Å². The van der Waals surface area contributed by atoms with E-state index in [1.54, 1.807) is 30.0 Å². The number of nitrogens with zero attached hydrogens (tertiary/aromatic N) is 2. The maximum Gasteiger partial charge on any atom is 0.227 e. The lowest BCUT2D eigenvalue weighted by Crippen LogP contribution is -2.50. The second kappa shape index (κ2) is 6.81. The molecule has 0 aromatic heterocycles. The van der Waals surface area contributed by atoms with Gasteiger partial charge in [0.05, 0.1) is 12.5 Å². The van der Waals surface area contributed by atoms with Crippen molar-refractivity contribution in [3.8, 4) is 0 Å². The number of carbonyl (C=O) groups excluding carboxylic acids is 1. The largest absolute Gasteiger partial charge is 0.392 e. The van der Waals surface area contributed by atoms with Crippen molar-refractivity contribution in [3.63, 3.8) is 0 Å². The van der Waals surface area contributed by atoms with Gasteiger partial charge in [-0.3, -0.25) is 9.69 Å². The van der Waals surface area contributed by atoms with Gasteiger partial charge >= 0.3 is 0 Å². The zero-order chi connectivity index (χ0) is 14.5. The van der Waals surface area contributed by atoms with Gasteiger partial charge in [0.25, 0.3) is 0 Å². The highest BCUT2D eigenvalue weighted by Gasteiger charge is 2.22. The summed E-state index contributed by atoms with van der Waals surface area (Å²) in [5.41, 5.74) is 0.448. The molecule has 1 saturated heterocycles. The summed E-state index contributed by atoms with van der Waals surface area (Å²) < 4.78 is 13.5. The Morgan fingerprint density at radius 3 is 2.55 bits per heavy atom. The molecule has 2 rings (SSSR count). The number of hydrogen-bond donors (Lipinski definition) is 1. The van der Waals surface area contributed by atoms with Crippen LogP contribution in [-0.4, -0.2) is 59.6 Å². The van der Waals surface area contributed by atoms with Crippen LogP contribution in [0.25, 0.3) is 0 Å². The van der Waals surface area contributed by atoms with E-state index in [4.69, 9.17) is 0 Å². The number of hydrogen-bond acceptors (Lipinski definition) is 3. The molecule has 1 aromatic rings. The van der Waals surface area contributed by atoms with Crippen LogP contribution in [0.3, 0.4) is 0 Å². The van der Waals surface area contributed by atoms with Crippen molar-refractivity contribution in [1.29, 1.82) is 0 Å². The summed E-state index contributed by atoms with van der Waals surface area (Å²) in [5, 5.41) is 9.34. The van der Waals surface area contributed by atoms with E-state index in [0.717, 1.165) is 13.1 Å². The Bertz CT molecular complexity index is 457. The fourth-order valence-electron chi connectivity index (χ4n) is 2.47. The first-order valence-electron chi connectivity index (χ1n) is 6.98. The molecule has 1 aliphatic heterocycles. The van der Waals surface area contributed by atoms with Crippen LogP contribution in [0.4, 0.5) is 4.39 Å². The third-order valence-corrected chi connectivity index (χ3v) is 3.55. The minimum absolute atomic E-state index is 0.0354. The van der Waals surface area contributed by atoms with Crippen molar-refractivity contribution in [2.24, 2.45) is 0 Å². The van der Waals surface area contributed by atoms with E-state index in [9.17, 15) is 14.3 Å². The van der Waals surface area contributed by atoms with Crippen LogP contribution >= 0.6 is 0 Å². The normalized spacial score (nSPS) is 18.1. The summed E-state index contributed by atoms with van der Waals surface area (Å²) in [6, 6.07) is 6.39. The van der Waals surface area contributed by atoms with E-state index in [2.05, 4.69) is 4.90 Å². The van der Waals surface area contributed by atoms with Gasteiger partial charge in [-0.1, -0.05) is 18.2 Å². The van der Waals surface area contributed by atoms with Crippen molar-refractivity contribution in [2.45, 2.75) is 19.4 Å². The molecule has 20 heavy (non-hydrogen) atoms. The number of aliphatic hydroxyl groups is 1. The Morgan fingerprint density at radius 2 is 1.95 bits per heavy atom. The molecule has 4 nitrogen and oxygen atoms in total. The first-order valence-corrected chi connectivity index (χ1v) is 6.98. The molecular formula is C15H21FN2O2. The number of rotatable bonds is 4. The average molecular weight is 280 g/mol. The van der Waals surface area contributed by atoms with Gasteiger partial charge in [0, 0.05) is 32.7 Å². The van der Waals surface area contributed by atoms with E-state index < -0.39 is 0 Å². The molecule has 110 valence electrons. The number of carbonyl (C=O) groups is 1. The molecule has 0 aliphatic carbocycles. The van der Waals surface area contributed by atoms with E-state index >= 15 is 0 Å². The molecule has 1 fully saturated rings. The molecule has 0 saturated carbocycles. The standard InChI is InChI=1S/C15H21FN2O2/c1-12(19)11-17-6-8-18(9-7-17)15(20)10-13-4-2-3-5-14(13)16/h2-5,12,19H,6-11H2,1H3/t12-/m1/s1. The third-order valence-electron chi connectivity index (χ3n) is 3.55. The fraction of sp³-hybridized carbons (Fsp3) is 0.533. The Hall–Kier alpha value is -1.46. The van der Waals surface area contributed by atoms with E-state index in [1.807, 2.05) is 0 Å². The zero-order valence-corrected chi connectivity index (χ0v) is 11.8. The molecule has 1 N–H and O–H groups in total. The third kappa shape index (κ3) is 4.02. The minimum Gasteiger partial charge on any atom is -0.392 e. The first kappa shape index (κ1) is 14.9. The Kier molecular flexibility index (Phi) is 5.09. The van der Waals surface area contributed by atoms with E-state index in [-0.39, 0.29) is 24.2 Å². The lowest BCUT2D eigenvalue weighted by molar-refractivity contribution is -0.132. The number of aliphatic hydroxyl groups excluding tert-OH is 1. The number of halogens is 1. The molecule has 1 aromatic carbocycles. The Morgan fingerprint density at radius 1 is 1.30 bits per heavy atom. The van der Waals surface area contributed by atoms with Crippen LogP contribution in [-0.2, 0) is 11.2 Å². The van der Waals surface area contributed by atoms with Gasteiger partial charge in [0.2, 0.25) is 5.91 Å². The molecule has 1 heterocycles. The van der Waals surface area contributed by atoms with Gasteiger partial charge < -0.3 is 10.0 Å². The second-order valence-corrected chi connectivity index (χ2v) is 5.30. The summed E-state index contributed by atoms with van der Waals surface area (Å²) in [4.78, 5) is 16.0.